The third-order valence-electron chi connectivity index (χ3n) is 8.45. The molecule has 1 aliphatic carbocycles. The summed E-state index contributed by atoms with van der Waals surface area (Å²) in [5.74, 6) is 2.63. The van der Waals surface area contributed by atoms with Crippen LogP contribution >= 0.6 is 0 Å². The molecular weight excluding hydrogens is 542 g/mol. The average Bonchev–Trinajstić information content (AvgIpc) is 3.67. The smallest absolute Gasteiger partial charge is 0.167 e. The van der Waals surface area contributed by atoms with Gasteiger partial charge in [-0.25, -0.2) is 15.0 Å². The van der Waals surface area contributed by atoms with Crippen LogP contribution < -0.4 is 0 Å². The highest BCUT2D eigenvalue weighted by Crippen LogP contribution is 2.43. The Bertz CT molecular complexity index is 2380. The average molecular weight is 568 g/mol. The number of fused-ring (bicyclic) bond motifs is 6. The second kappa shape index (κ2) is 9.89. The van der Waals surface area contributed by atoms with Crippen molar-refractivity contribution in [3.63, 3.8) is 0 Å². The van der Waals surface area contributed by atoms with Crippen LogP contribution in [0.25, 0.3) is 72.4 Å². The Balaban J connectivity index is 1.37. The van der Waals surface area contributed by atoms with Crippen molar-refractivity contribution in [2.75, 3.05) is 0 Å². The summed E-state index contributed by atoms with van der Waals surface area (Å²) in [7, 11) is 0. The minimum Gasteiger partial charge on any atom is -0.456 e. The van der Waals surface area contributed by atoms with Crippen molar-refractivity contribution in [2.45, 2.75) is 12.8 Å². The van der Waals surface area contributed by atoms with Crippen LogP contribution in [0, 0.1) is 0 Å². The van der Waals surface area contributed by atoms with Gasteiger partial charge in [-0.2, -0.15) is 0 Å². The Morgan fingerprint density at radius 3 is 1.93 bits per heavy atom. The molecule has 0 aliphatic heterocycles. The van der Waals surface area contributed by atoms with Crippen molar-refractivity contribution in [1.29, 1.82) is 0 Å². The summed E-state index contributed by atoms with van der Waals surface area (Å²) in [5.41, 5.74) is 8.54. The molecule has 5 aromatic carbocycles. The van der Waals surface area contributed by atoms with Gasteiger partial charge in [0.1, 0.15) is 22.5 Å². The summed E-state index contributed by atoms with van der Waals surface area (Å²) >= 11 is 0. The highest BCUT2D eigenvalue weighted by Gasteiger charge is 2.26. The Morgan fingerprint density at radius 1 is 0.500 bits per heavy atom. The van der Waals surface area contributed by atoms with Crippen LogP contribution in [0.1, 0.15) is 23.6 Å². The Morgan fingerprint density at radius 2 is 1.14 bits per heavy atom. The highest BCUT2D eigenvalue weighted by molar-refractivity contribution is 6.15. The van der Waals surface area contributed by atoms with Gasteiger partial charge in [0.05, 0.1) is 5.57 Å². The molecule has 3 aromatic heterocycles. The number of furan rings is 2. The van der Waals surface area contributed by atoms with Crippen LogP contribution in [-0.2, 0) is 6.42 Å². The van der Waals surface area contributed by atoms with Crippen molar-refractivity contribution in [1.82, 2.24) is 15.0 Å². The van der Waals surface area contributed by atoms with E-state index in [1.807, 2.05) is 72.8 Å². The third kappa shape index (κ3) is 3.90. The maximum Gasteiger partial charge on any atom is 0.167 e. The molecule has 0 fully saturated rings. The van der Waals surface area contributed by atoms with Crippen LogP contribution in [0.5, 0.6) is 0 Å². The molecule has 9 rings (SSSR count). The Hall–Kier alpha value is -5.81. The van der Waals surface area contributed by atoms with E-state index in [1.165, 1.54) is 5.56 Å². The second-order valence-electron chi connectivity index (χ2n) is 11.1. The first kappa shape index (κ1) is 24.8. The van der Waals surface area contributed by atoms with Crippen molar-refractivity contribution < 1.29 is 8.83 Å². The van der Waals surface area contributed by atoms with Crippen LogP contribution in [0.2, 0.25) is 0 Å². The number of hydrogen-bond donors (Lipinski definition) is 0. The standard InChI is InChI=1S/C39H25N3O2/c1-3-12-24(13-4-1)26-22-23-33-34(29-17-8-10-21-32(29)43-33)35(26)39-41-37(25-14-5-2-6-15-25)40-38(42-39)30-19-11-18-28-27-16-7-9-20-31(27)44-36(28)30/h1-10,12-17,19-23H,11,18H2. The normalized spacial score (nSPS) is 13.0. The third-order valence-corrected chi connectivity index (χ3v) is 8.45. The highest BCUT2D eigenvalue weighted by atomic mass is 16.3. The first-order valence-corrected chi connectivity index (χ1v) is 14.8. The molecule has 0 radical (unpaired) electrons. The fourth-order valence-electron chi connectivity index (χ4n) is 6.44. The van der Waals surface area contributed by atoms with E-state index in [0.717, 1.165) is 79.3 Å². The molecule has 1 aliphatic rings. The summed E-state index contributed by atoms with van der Waals surface area (Å²) in [4.78, 5) is 15.5. The molecular formula is C39H25N3O2. The van der Waals surface area contributed by atoms with Crippen LogP contribution in [0.3, 0.4) is 0 Å². The zero-order chi connectivity index (χ0) is 29.0. The summed E-state index contributed by atoms with van der Waals surface area (Å²) in [6.45, 7) is 0. The van der Waals surface area contributed by atoms with Gasteiger partial charge in [-0.05, 0) is 48.2 Å². The SMILES string of the molecule is C1=C(c2nc(-c3ccccc3)nc(-c3c(-c4ccccc4)ccc4oc5ccccc5c34)n2)c2oc3ccccc3c2CC1. The van der Waals surface area contributed by atoms with E-state index in [1.54, 1.807) is 0 Å². The number of nitrogens with zero attached hydrogens (tertiary/aromatic N) is 3. The molecule has 0 saturated carbocycles. The number of aromatic nitrogens is 3. The maximum absolute atomic E-state index is 6.47. The monoisotopic (exact) mass is 567 g/mol. The first-order chi connectivity index (χ1) is 21.8. The van der Waals surface area contributed by atoms with Crippen molar-refractivity contribution in [2.24, 2.45) is 0 Å². The number of allylic oxidation sites excluding steroid dienone is 1. The molecule has 5 nitrogen and oxygen atoms in total. The lowest BCUT2D eigenvalue weighted by Gasteiger charge is -2.16. The van der Waals surface area contributed by atoms with E-state index in [9.17, 15) is 0 Å². The molecule has 8 aromatic rings. The van der Waals surface area contributed by atoms with Crippen LogP contribution in [-0.4, -0.2) is 15.0 Å². The maximum atomic E-state index is 6.47. The minimum absolute atomic E-state index is 0.592. The predicted molar refractivity (Wildman–Crippen MR) is 175 cm³/mol. The molecule has 0 unspecified atom stereocenters. The summed E-state index contributed by atoms with van der Waals surface area (Å²) in [5, 5.41) is 3.15. The number of aryl methyl sites for hydroxylation is 1. The molecule has 0 atom stereocenters. The first-order valence-electron chi connectivity index (χ1n) is 14.8. The molecule has 0 N–H and O–H groups in total. The van der Waals surface area contributed by atoms with E-state index < -0.39 is 0 Å². The molecule has 0 saturated heterocycles. The zero-order valence-electron chi connectivity index (χ0n) is 23.7. The summed E-state index contributed by atoms with van der Waals surface area (Å²) < 4.78 is 12.8. The van der Waals surface area contributed by atoms with E-state index >= 15 is 0 Å². The van der Waals surface area contributed by atoms with Gasteiger partial charge in [0, 0.05) is 32.8 Å². The number of rotatable bonds is 4. The lowest BCUT2D eigenvalue weighted by molar-refractivity contribution is 0.590. The fourth-order valence-corrected chi connectivity index (χ4v) is 6.44. The zero-order valence-corrected chi connectivity index (χ0v) is 23.7. The minimum atomic E-state index is 0.592. The summed E-state index contributed by atoms with van der Waals surface area (Å²) in [6.07, 6.45) is 3.99. The number of benzene rings is 5. The van der Waals surface area contributed by atoms with Gasteiger partial charge < -0.3 is 8.83 Å². The van der Waals surface area contributed by atoms with E-state index in [-0.39, 0.29) is 0 Å². The number of hydrogen-bond acceptors (Lipinski definition) is 5. The van der Waals surface area contributed by atoms with E-state index in [0.29, 0.717) is 17.5 Å². The fraction of sp³-hybridized carbons (Fsp3) is 0.0513. The molecule has 208 valence electrons. The predicted octanol–water partition coefficient (Wildman–Crippen LogP) is 9.90. The molecule has 0 bridgehead atoms. The second-order valence-corrected chi connectivity index (χ2v) is 11.1. The van der Waals surface area contributed by atoms with Gasteiger partial charge in [0.2, 0.25) is 0 Å². The van der Waals surface area contributed by atoms with Crippen LogP contribution in [0.15, 0.2) is 136 Å². The van der Waals surface area contributed by atoms with Crippen molar-refractivity contribution in [3.05, 3.63) is 145 Å². The van der Waals surface area contributed by atoms with Gasteiger partial charge in [-0.1, -0.05) is 103 Å². The van der Waals surface area contributed by atoms with Crippen molar-refractivity contribution in [3.8, 4) is 33.9 Å². The Labute approximate surface area is 253 Å². The van der Waals surface area contributed by atoms with Gasteiger partial charge in [0.25, 0.3) is 0 Å². The number of para-hydroxylation sites is 2. The van der Waals surface area contributed by atoms with Crippen LogP contribution in [0.4, 0.5) is 0 Å². The van der Waals surface area contributed by atoms with Gasteiger partial charge >= 0.3 is 0 Å². The quantitative estimate of drug-likeness (QED) is 0.212. The Kier molecular flexibility index (Phi) is 5.56. The molecule has 0 amide bonds. The van der Waals surface area contributed by atoms with E-state index in [4.69, 9.17) is 23.8 Å². The lowest BCUT2D eigenvalue weighted by atomic mass is 9.93. The molecule has 44 heavy (non-hydrogen) atoms. The topological polar surface area (TPSA) is 65.0 Å². The van der Waals surface area contributed by atoms with Gasteiger partial charge in [0.15, 0.2) is 17.5 Å². The largest absolute Gasteiger partial charge is 0.456 e. The van der Waals surface area contributed by atoms with Crippen molar-refractivity contribution >= 4 is 38.5 Å². The molecule has 5 heteroatoms. The van der Waals surface area contributed by atoms with Gasteiger partial charge in [-0.3, -0.25) is 0 Å². The van der Waals surface area contributed by atoms with Gasteiger partial charge in [-0.15, -0.1) is 0 Å². The molecule has 0 spiro atoms. The summed E-state index contributed by atoms with van der Waals surface area (Å²) in [6, 6.07) is 41.0. The molecule has 3 heterocycles. The van der Waals surface area contributed by atoms with E-state index in [2.05, 4.69) is 54.6 Å². The lowest BCUT2D eigenvalue weighted by Crippen LogP contribution is -2.07.